The van der Waals surface area contributed by atoms with Crippen molar-refractivity contribution in [1.29, 1.82) is 0 Å². The average molecular weight is 371 g/mol. The Kier molecular flexibility index (Phi) is 6.24. The maximum absolute atomic E-state index is 10.2. The van der Waals surface area contributed by atoms with Gasteiger partial charge in [0.05, 0.1) is 13.2 Å². The van der Waals surface area contributed by atoms with Crippen molar-refractivity contribution >= 4 is 0 Å². The summed E-state index contributed by atoms with van der Waals surface area (Å²) in [4.78, 5) is 0. The Balaban J connectivity index is 0.00000180. The number of methoxy groups -OCH3 is 1. The van der Waals surface area contributed by atoms with Gasteiger partial charge in [-0.1, -0.05) is 18.2 Å². The molecule has 0 fully saturated rings. The first-order chi connectivity index (χ1) is 8.70. The molecule has 2 rings (SSSR count). The van der Waals surface area contributed by atoms with Gasteiger partial charge in [-0.05, 0) is 17.2 Å². The van der Waals surface area contributed by atoms with Crippen LogP contribution in [0.5, 0.6) is 5.75 Å². The highest BCUT2D eigenvalue weighted by atomic mass is 127. The Morgan fingerprint density at radius 1 is 1.16 bits per heavy atom. The number of aryl methyl sites for hydroxylation is 1. The maximum atomic E-state index is 10.2. The molecule has 4 heteroatoms. The molecule has 0 spiro atoms. The number of hydrogen-bond donors (Lipinski definition) is 1. The third kappa shape index (κ3) is 4.18. The van der Waals surface area contributed by atoms with Crippen LogP contribution in [0.4, 0.5) is 0 Å². The van der Waals surface area contributed by atoms with E-state index >= 15 is 0 Å². The molecule has 1 N–H and O–H groups in total. The minimum absolute atomic E-state index is 0. The summed E-state index contributed by atoms with van der Waals surface area (Å²) in [6.45, 7) is 0. The van der Waals surface area contributed by atoms with Gasteiger partial charge in [0.1, 0.15) is 12.8 Å². The minimum atomic E-state index is -0.512. The van der Waals surface area contributed by atoms with Gasteiger partial charge in [-0.25, -0.2) is 4.57 Å². The van der Waals surface area contributed by atoms with E-state index in [9.17, 15) is 5.11 Å². The highest BCUT2D eigenvalue weighted by Crippen LogP contribution is 2.24. The van der Waals surface area contributed by atoms with Gasteiger partial charge < -0.3 is 33.8 Å². The van der Waals surface area contributed by atoms with E-state index in [0.717, 1.165) is 16.9 Å². The zero-order chi connectivity index (χ0) is 13.0. The van der Waals surface area contributed by atoms with Crippen molar-refractivity contribution in [2.75, 3.05) is 7.11 Å². The molecule has 1 atom stereocenters. The molecular weight excluding hydrogens is 353 g/mol. The topological polar surface area (TPSA) is 33.3 Å². The molecule has 0 aliphatic heterocycles. The molecule has 1 unspecified atom stereocenters. The fourth-order valence-electron chi connectivity index (χ4n) is 1.93. The Morgan fingerprint density at radius 2 is 1.79 bits per heavy atom. The number of hydrogen-bond acceptors (Lipinski definition) is 2. The van der Waals surface area contributed by atoms with Crippen LogP contribution in [0.25, 0.3) is 0 Å². The molecule has 0 radical (unpaired) electrons. The Bertz CT molecular complexity index is 514. The van der Waals surface area contributed by atoms with Crippen LogP contribution in [0.3, 0.4) is 0 Å². The van der Waals surface area contributed by atoms with Crippen LogP contribution in [-0.4, -0.2) is 12.2 Å². The van der Waals surface area contributed by atoms with Gasteiger partial charge in [0.15, 0.2) is 12.4 Å². The fourth-order valence-corrected chi connectivity index (χ4v) is 1.93. The van der Waals surface area contributed by atoms with Crippen molar-refractivity contribution in [2.45, 2.75) is 12.5 Å². The van der Waals surface area contributed by atoms with E-state index in [4.69, 9.17) is 4.74 Å². The van der Waals surface area contributed by atoms with Gasteiger partial charge >= 0.3 is 0 Å². The summed E-state index contributed by atoms with van der Waals surface area (Å²) in [6, 6.07) is 11.6. The summed E-state index contributed by atoms with van der Waals surface area (Å²) in [5, 5.41) is 10.2. The number of aliphatic hydroxyl groups excluding tert-OH is 1. The van der Waals surface area contributed by atoms with Crippen molar-refractivity contribution in [1.82, 2.24) is 0 Å². The second-order valence-electron chi connectivity index (χ2n) is 4.33. The van der Waals surface area contributed by atoms with Crippen LogP contribution in [-0.2, 0) is 13.5 Å². The predicted octanol–water partition coefficient (Wildman–Crippen LogP) is -1.20. The molecule has 19 heavy (non-hydrogen) atoms. The first-order valence-electron chi connectivity index (χ1n) is 5.96. The van der Waals surface area contributed by atoms with Crippen LogP contribution in [0.15, 0.2) is 48.8 Å². The molecule has 3 nitrogen and oxygen atoms in total. The molecule has 0 saturated heterocycles. The van der Waals surface area contributed by atoms with E-state index in [2.05, 4.69) is 0 Å². The van der Waals surface area contributed by atoms with Crippen molar-refractivity contribution in [3.05, 3.63) is 59.9 Å². The zero-order valence-electron chi connectivity index (χ0n) is 11.1. The number of halogens is 1. The first kappa shape index (κ1) is 15.9. The van der Waals surface area contributed by atoms with Crippen LogP contribution >= 0.6 is 0 Å². The maximum Gasteiger partial charge on any atom is 0.168 e. The van der Waals surface area contributed by atoms with Gasteiger partial charge in [0, 0.05) is 18.6 Å². The summed E-state index contributed by atoms with van der Waals surface area (Å²) in [5.74, 6) is 0.818. The van der Waals surface area contributed by atoms with Gasteiger partial charge in [-0.15, -0.1) is 0 Å². The van der Waals surface area contributed by atoms with E-state index in [1.807, 2.05) is 60.4 Å². The molecular formula is C15H18INO2. The minimum Gasteiger partial charge on any atom is -1.00 e. The third-order valence-electron chi connectivity index (χ3n) is 2.99. The average Bonchev–Trinajstić information content (AvgIpc) is 2.40. The molecule has 0 aliphatic carbocycles. The molecule has 1 heterocycles. The zero-order valence-corrected chi connectivity index (χ0v) is 13.2. The lowest BCUT2D eigenvalue weighted by molar-refractivity contribution is -0.671. The molecule has 0 aliphatic rings. The van der Waals surface area contributed by atoms with E-state index in [-0.39, 0.29) is 24.0 Å². The largest absolute Gasteiger partial charge is 1.00 e. The fraction of sp³-hybridized carbons (Fsp3) is 0.267. The first-order valence-corrected chi connectivity index (χ1v) is 5.96. The standard InChI is InChI=1S/C15H18NO2.HI/c1-16-9-7-12(8-10-16)14(17)11-13-5-3-4-6-15(13)18-2;/h3-10,14,17H,11H2,1-2H3;1H/q+1;/p-1. The van der Waals surface area contributed by atoms with Gasteiger partial charge in [0.2, 0.25) is 0 Å². The number of pyridine rings is 1. The molecule has 102 valence electrons. The normalized spacial score (nSPS) is 11.5. The quantitative estimate of drug-likeness (QED) is 0.541. The van der Waals surface area contributed by atoms with E-state index in [1.165, 1.54) is 0 Å². The molecule has 0 amide bonds. The summed E-state index contributed by atoms with van der Waals surface area (Å²) >= 11 is 0. The van der Waals surface area contributed by atoms with Crippen LogP contribution in [0.2, 0.25) is 0 Å². The van der Waals surface area contributed by atoms with E-state index in [1.54, 1.807) is 7.11 Å². The highest BCUT2D eigenvalue weighted by Gasteiger charge is 2.12. The Hall–Kier alpha value is -1.14. The van der Waals surface area contributed by atoms with Gasteiger partial charge in [0.25, 0.3) is 0 Å². The Morgan fingerprint density at radius 3 is 2.42 bits per heavy atom. The number of para-hydroxylation sites is 1. The van der Waals surface area contributed by atoms with Gasteiger partial charge in [-0.3, -0.25) is 0 Å². The molecule has 0 saturated carbocycles. The van der Waals surface area contributed by atoms with Crippen molar-refractivity contribution in [3.8, 4) is 5.75 Å². The van der Waals surface area contributed by atoms with Crippen LogP contribution < -0.4 is 33.3 Å². The second-order valence-corrected chi connectivity index (χ2v) is 4.33. The lowest BCUT2D eigenvalue weighted by Crippen LogP contribution is -3.00. The van der Waals surface area contributed by atoms with Crippen LogP contribution in [0, 0.1) is 0 Å². The smallest absolute Gasteiger partial charge is 0.168 e. The molecule has 0 bridgehead atoms. The third-order valence-corrected chi connectivity index (χ3v) is 2.99. The number of benzene rings is 1. The lowest BCUT2D eigenvalue weighted by atomic mass is 10.0. The molecule has 1 aromatic carbocycles. The highest BCUT2D eigenvalue weighted by molar-refractivity contribution is 5.34. The number of rotatable bonds is 4. The van der Waals surface area contributed by atoms with Crippen molar-refractivity contribution < 1.29 is 38.4 Å². The van der Waals surface area contributed by atoms with Crippen molar-refractivity contribution in [3.63, 3.8) is 0 Å². The molecule has 2 aromatic rings. The lowest BCUT2D eigenvalue weighted by Gasteiger charge is -2.13. The summed E-state index contributed by atoms with van der Waals surface area (Å²) in [6.07, 6.45) is 3.90. The number of ether oxygens (including phenoxy) is 1. The molecule has 1 aromatic heterocycles. The van der Waals surface area contributed by atoms with Crippen molar-refractivity contribution in [2.24, 2.45) is 7.05 Å². The van der Waals surface area contributed by atoms with Gasteiger partial charge in [-0.2, -0.15) is 0 Å². The summed E-state index contributed by atoms with van der Waals surface area (Å²) in [5.41, 5.74) is 1.93. The second kappa shape index (κ2) is 7.45. The monoisotopic (exact) mass is 371 g/mol. The Labute approximate surface area is 130 Å². The number of nitrogens with zero attached hydrogens (tertiary/aromatic N) is 1. The van der Waals surface area contributed by atoms with E-state index < -0.39 is 6.10 Å². The SMILES string of the molecule is COc1ccccc1CC(O)c1cc[n+](C)cc1.[I-]. The summed E-state index contributed by atoms with van der Waals surface area (Å²) in [7, 11) is 3.60. The predicted molar refractivity (Wildman–Crippen MR) is 69.3 cm³/mol. The van der Waals surface area contributed by atoms with E-state index in [0.29, 0.717) is 6.42 Å². The van der Waals surface area contributed by atoms with Crippen LogP contribution in [0.1, 0.15) is 17.2 Å². The number of aromatic nitrogens is 1. The number of aliphatic hydroxyl groups is 1. The summed E-state index contributed by atoms with van der Waals surface area (Å²) < 4.78 is 7.23.